The van der Waals surface area contributed by atoms with Crippen molar-refractivity contribution in [2.45, 2.75) is 45.6 Å². The van der Waals surface area contributed by atoms with E-state index in [1.54, 1.807) is 0 Å². The van der Waals surface area contributed by atoms with E-state index < -0.39 is 0 Å². The Morgan fingerprint density at radius 2 is 1.69 bits per heavy atom. The van der Waals surface area contributed by atoms with Crippen LogP contribution in [0.5, 0.6) is 0 Å². The van der Waals surface area contributed by atoms with Crippen molar-refractivity contribution in [3.63, 3.8) is 0 Å². The van der Waals surface area contributed by atoms with Gasteiger partial charge >= 0.3 is 0 Å². The lowest BCUT2D eigenvalue weighted by Crippen LogP contribution is -2.17. The molecule has 2 rings (SSSR count). The third-order valence-corrected chi connectivity index (χ3v) is 3.19. The monoisotopic (exact) mass is 220 g/mol. The smallest absolute Gasteiger partial charge is 0.134 e. The van der Waals surface area contributed by atoms with Crippen LogP contribution in [0.4, 0.5) is 11.6 Å². The zero-order valence-corrected chi connectivity index (χ0v) is 10.3. The summed E-state index contributed by atoms with van der Waals surface area (Å²) in [6, 6.07) is 0.595. The molecule has 0 amide bonds. The summed E-state index contributed by atoms with van der Waals surface area (Å²) in [6.45, 7) is 3.99. The number of aryl methyl sites for hydroxylation is 1. The molecule has 0 unspecified atom stereocenters. The molecule has 0 aliphatic heterocycles. The van der Waals surface area contributed by atoms with Crippen LogP contribution in [0.1, 0.15) is 37.1 Å². The van der Waals surface area contributed by atoms with E-state index in [2.05, 4.69) is 27.5 Å². The van der Waals surface area contributed by atoms with E-state index >= 15 is 0 Å². The molecular formula is C12H20N4. The summed E-state index contributed by atoms with van der Waals surface area (Å²) >= 11 is 0. The van der Waals surface area contributed by atoms with Crippen molar-refractivity contribution in [2.75, 3.05) is 17.7 Å². The van der Waals surface area contributed by atoms with Gasteiger partial charge < -0.3 is 10.6 Å². The van der Waals surface area contributed by atoms with Gasteiger partial charge in [0.15, 0.2) is 0 Å². The van der Waals surface area contributed by atoms with Crippen LogP contribution in [0.15, 0.2) is 0 Å². The molecule has 88 valence electrons. The van der Waals surface area contributed by atoms with Crippen molar-refractivity contribution in [1.29, 1.82) is 0 Å². The maximum absolute atomic E-state index is 4.48. The van der Waals surface area contributed by atoms with Crippen LogP contribution < -0.4 is 10.6 Å². The fourth-order valence-corrected chi connectivity index (χ4v) is 2.28. The Morgan fingerprint density at radius 3 is 2.31 bits per heavy atom. The molecule has 4 heteroatoms. The number of nitrogens with zero attached hydrogens (tertiary/aromatic N) is 2. The van der Waals surface area contributed by atoms with Gasteiger partial charge in [0.2, 0.25) is 0 Å². The zero-order chi connectivity index (χ0) is 11.5. The van der Waals surface area contributed by atoms with E-state index in [4.69, 9.17) is 0 Å². The molecular weight excluding hydrogens is 200 g/mol. The Labute approximate surface area is 96.9 Å². The van der Waals surface area contributed by atoms with Crippen LogP contribution in [0.2, 0.25) is 0 Å². The molecule has 4 nitrogen and oxygen atoms in total. The quantitative estimate of drug-likeness (QED) is 0.821. The molecule has 16 heavy (non-hydrogen) atoms. The normalized spacial score (nSPS) is 16.4. The molecule has 0 radical (unpaired) electrons. The fraction of sp³-hybridized carbons (Fsp3) is 0.667. The van der Waals surface area contributed by atoms with Crippen molar-refractivity contribution in [1.82, 2.24) is 9.97 Å². The summed E-state index contributed by atoms with van der Waals surface area (Å²) in [5.74, 6) is 2.73. The summed E-state index contributed by atoms with van der Waals surface area (Å²) < 4.78 is 0. The van der Waals surface area contributed by atoms with Gasteiger partial charge in [-0.05, 0) is 26.7 Å². The van der Waals surface area contributed by atoms with Gasteiger partial charge in [-0.25, -0.2) is 9.97 Å². The zero-order valence-electron chi connectivity index (χ0n) is 10.3. The first-order chi connectivity index (χ1) is 7.70. The largest absolute Gasteiger partial charge is 0.373 e. The lowest BCUT2D eigenvalue weighted by Gasteiger charge is -2.16. The van der Waals surface area contributed by atoms with Crippen molar-refractivity contribution in [3.8, 4) is 0 Å². The summed E-state index contributed by atoms with van der Waals surface area (Å²) in [6.07, 6.45) is 5.19. The minimum absolute atomic E-state index is 0.595. The van der Waals surface area contributed by atoms with Crippen LogP contribution in [-0.4, -0.2) is 23.1 Å². The highest BCUT2D eigenvalue weighted by molar-refractivity contribution is 5.57. The average Bonchev–Trinajstić information content (AvgIpc) is 2.75. The van der Waals surface area contributed by atoms with Gasteiger partial charge in [0, 0.05) is 18.7 Å². The second-order valence-corrected chi connectivity index (χ2v) is 4.47. The molecule has 0 aromatic carbocycles. The second-order valence-electron chi connectivity index (χ2n) is 4.47. The molecule has 1 heterocycles. The molecule has 1 fully saturated rings. The number of aromatic nitrogens is 2. The van der Waals surface area contributed by atoms with Crippen molar-refractivity contribution in [3.05, 3.63) is 11.4 Å². The summed E-state index contributed by atoms with van der Waals surface area (Å²) in [7, 11) is 1.90. The van der Waals surface area contributed by atoms with Crippen LogP contribution in [0.25, 0.3) is 0 Å². The molecule has 1 saturated carbocycles. The van der Waals surface area contributed by atoms with Crippen LogP contribution in [0.3, 0.4) is 0 Å². The van der Waals surface area contributed by atoms with Gasteiger partial charge in [0.1, 0.15) is 17.5 Å². The van der Waals surface area contributed by atoms with E-state index in [-0.39, 0.29) is 0 Å². The Bertz CT molecular complexity index is 370. The number of hydrogen-bond donors (Lipinski definition) is 2. The molecule has 0 bridgehead atoms. The highest BCUT2D eigenvalue weighted by Gasteiger charge is 2.17. The lowest BCUT2D eigenvalue weighted by molar-refractivity contribution is 0.747. The van der Waals surface area contributed by atoms with Crippen molar-refractivity contribution < 1.29 is 0 Å². The molecule has 1 aliphatic rings. The third-order valence-electron chi connectivity index (χ3n) is 3.19. The predicted molar refractivity (Wildman–Crippen MR) is 66.9 cm³/mol. The maximum atomic E-state index is 4.48. The minimum Gasteiger partial charge on any atom is -0.373 e. The highest BCUT2D eigenvalue weighted by Crippen LogP contribution is 2.25. The molecule has 1 aliphatic carbocycles. The van der Waals surface area contributed by atoms with Gasteiger partial charge in [-0.3, -0.25) is 0 Å². The number of hydrogen-bond acceptors (Lipinski definition) is 4. The van der Waals surface area contributed by atoms with Crippen LogP contribution in [0, 0.1) is 13.8 Å². The van der Waals surface area contributed by atoms with Crippen molar-refractivity contribution in [2.24, 2.45) is 0 Å². The third kappa shape index (κ3) is 2.26. The van der Waals surface area contributed by atoms with Crippen LogP contribution >= 0.6 is 0 Å². The lowest BCUT2D eigenvalue weighted by atomic mass is 10.2. The number of anilines is 2. The number of nitrogens with one attached hydrogen (secondary N) is 2. The summed E-state index contributed by atoms with van der Waals surface area (Å²) in [5, 5.41) is 6.64. The Balaban J connectivity index is 2.21. The Kier molecular flexibility index (Phi) is 3.27. The van der Waals surface area contributed by atoms with Gasteiger partial charge in [-0.2, -0.15) is 0 Å². The van der Waals surface area contributed by atoms with E-state index in [0.29, 0.717) is 6.04 Å². The van der Waals surface area contributed by atoms with Gasteiger partial charge in [-0.1, -0.05) is 12.8 Å². The standard InChI is InChI=1S/C12H20N4/c1-8-11(13-3)14-9(2)15-12(8)16-10-6-4-5-7-10/h10H,4-7H2,1-3H3,(H2,13,14,15,16). The van der Waals surface area contributed by atoms with Gasteiger partial charge in [-0.15, -0.1) is 0 Å². The molecule has 1 aromatic rings. The molecule has 1 aromatic heterocycles. The summed E-state index contributed by atoms with van der Waals surface area (Å²) in [5.41, 5.74) is 1.11. The van der Waals surface area contributed by atoms with Crippen LogP contribution in [-0.2, 0) is 0 Å². The first-order valence-electron chi connectivity index (χ1n) is 6.00. The van der Waals surface area contributed by atoms with E-state index in [1.807, 2.05) is 14.0 Å². The Morgan fingerprint density at radius 1 is 1.06 bits per heavy atom. The Hall–Kier alpha value is -1.32. The van der Waals surface area contributed by atoms with E-state index in [0.717, 1.165) is 23.0 Å². The molecule has 0 spiro atoms. The van der Waals surface area contributed by atoms with Gasteiger partial charge in [0.05, 0.1) is 0 Å². The average molecular weight is 220 g/mol. The first kappa shape index (κ1) is 11.2. The predicted octanol–water partition coefficient (Wildman–Crippen LogP) is 2.49. The maximum Gasteiger partial charge on any atom is 0.134 e. The fourth-order valence-electron chi connectivity index (χ4n) is 2.28. The SMILES string of the molecule is CNc1nc(C)nc(NC2CCCC2)c1C. The number of rotatable bonds is 3. The van der Waals surface area contributed by atoms with E-state index in [1.165, 1.54) is 25.7 Å². The van der Waals surface area contributed by atoms with Crippen molar-refractivity contribution >= 4 is 11.6 Å². The van der Waals surface area contributed by atoms with E-state index in [9.17, 15) is 0 Å². The topological polar surface area (TPSA) is 49.8 Å². The molecule has 0 saturated heterocycles. The molecule has 2 N–H and O–H groups in total. The summed E-state index contributed by atoms with van der Waals surface area (Å²) in [4.78, 5) is 8.85. The molecule has 0 atom stereocenters. The minimum atomic E-state index is 0.595. The second kappa shape index (κ2) is 4.68. The highest BCUT2D eigenvalue weighted by atomic mass is 15.1. The first-order valence-corrected chi connectivity index (χ1v) is 6.00. The van der Waals surface area contributed by atoms with Gasteiger partial charge in [0.25, 0.3) is 0 Å².